The molecule has 0 aliphatic heterocycles. The SMILES string of the molecule is Cc1ccc(SCC(N)c2cccc(Br)c2F)cc1. The Labute approximate surface area is 125 Å². The fourth-order valence-corrected chi connectivity index (χ4v) is 2.98. The zero-order chi connectivity index (χ0) is 13.8. The maximum Gasteiger partial charge on any atom is 0.142 e. The maximum absolute atomic E-state index is 13.9. The van der Waals surface area contributed by atoms with Crippen LogP contribution in [0.3, 0.4) is 0 Å². The number of halogens is 2. The van der Waals surface area contributed by atoms with Crippen LogP contribution in [0.5, 0.6) is 0 Å². The monoisotopic (exact) mass is 339 g/mol. The van der Waals surface area contributed by atoms with Gasteiger partial charge in [-0.2, -0.15) is 0 Å². The topological polar surface area (TPSA) is 26.0 Å². The lowest BCUT2D eigenvalue weighted by Gasteiger charge is -2.13. The quantitative estimate of drug-likeness (QED) is 0.817. The van der Waals surface area contributed by atoms with Crippen molar-refractivity contribution in [3.8, 4) is 0 Å². The van der Waals surface area contributed by atoms with Gasteiger partial charge in [0.2, 0.25) is 0 Å². The summed E-state index contributed by atoms with van der Waals surface area (Å²) in [6.07, 6.45) is 0. The summed E-state index contributed by atoms with van der Waals surface area (Å²) in [5.41, 5.74) is 7.84. The highest BCUT2D eigenvalue weighted by molar-refractivity contribution is 9.10. The van der Waals surface area contributed by atoms with E-state index < -0.39 is 0 Å². The Morgan fingerprint density at radius 2 is 1.89 bits per heavy atom. The number of aryl methyl sites for hydroxylation is 1. The van der Waals surface area contributed by atoms with Crippen molar-refractivity contribution in [1.82, 2.24) is 0 Å². The lowest BCUT2D eigenvalue weighted by atomic mass is 10.1. The Morgan fingerprint density at radius 3 is 2.58 bits per heavy atom. The van der Waals surface area contributed by atoms with Crippen LogP contribution in [0.15, 0.2) is 51.8 Å². The number of thioether (sulfide) groups is 1. The lowest BCUT2D eigenvalue weighted by Crippen LogP contribution is -2.14. The van der Waals surface area contributed by atoms with Gasteiger partial charge in [-0.25, -0.2) is 4.39 Å². The number of rotatable bonds is 4. The van der Waals surface area contributed by atoms with Crippen LogP contribution in [0, 0.1) is 12.7 Å². The Bertz CT molecular complexity index is 557. The average molecular weight is 340 g/mol. The van der Waals surface area contributed by atoms with Crippen molar-refractivity contribution >= 4 is 27.7 Å². The van der Waals surface area contributed by atoms with E-state index in [1.165, 1.54) is 5.56 Å². The molecule has 0 fully saturated rings. The van der Waals surface area contributed by atoms with E-state index in [1.807, 2.05) is 0 Å². The molecule has 0 bridgehead atoms. The molecule has 2 rings (SSSR count). The summed E-state index contributed by atoms with van der Waals surface area (Å²) in [6.45, 7) is 2.05. The van der Waals surface area contributed by atoms with Gasteiger partial charge in [0.15, 0.2) is 0 Å². The second-order valence-corrected chi connectivity index (χ2v) is 6.32. The van der Waals surface area contributed by atoms with Crippen LogP contribution in [0.1, 0.15) is 17.2 Å². The van der Waals surface area contributed by atoms with Crippen LogP contribution in [-0.2, 0) is 0 Å². The van der Waals surface area contributed by atoms with Crippen molar-refractivity contribution in [3.05, 3.63) is 63.9 Å². The van der Waals surface area contributed by atoms with Crippen LogP contribution in [0.4, 0.5) is 4.39 Å². The molecule has 0 aliphatic carbocycles. The molecular formula is C15H15BrFNS. The molecular weight excluding hydrogens is 325 g/mol. The summed E-state index contributed by atoms with van der Waals surface area (Å²) in [7, 11) is 0. The molecule has 0 radical (unpaired) electrons. The minimum absolute atomic E-state index is 0.264. The first kappa shape index (κ1) is 14.6. The number of benzene rings is 2. The van der Waals surface area contributed by atoms with Gasteiger partial charge in [0, 0.05) is 22.3 Å². The van der Waals surface area contributed by atoms with E-state index >= 15 is 0 Å². The summed E-state index contributed by atoms with van der Waals surface area (Å²) < 4.78 is 14.4. The molecule has 1 unspecified atom stereocenters. The van der Waals surface area contributed by atoms with Gasteiger partial charge in [-0.05, 0) is 41.1 Å². The van der Waals surface area contributed by atoms with E-state index in [0.29, 0.717) is 15.8 Å². The lowest BCUT2D eigenvalue weighted by molar-refractivity contribution is 0.589. The fourth-order valence-electron chi connectivity index (χ4n) is 1.72. The predicted molar refractivity (Wildman–Crippen MR) is 82.9 cm³/mol. The molecule has 0 saturated heterocycles. The van der Waals surface area contributed by atoms with Gasteiger partial charge < -0.3 is 5.73 Å². The molecule has 19 heavy (non-hydrogen) atoms. The molecule has 100 valence electrons. The fraction of sp³-hybridized carbons (Fsp3) is 0.200. The van der Waals surface area contributed by atoms with E-state index in [4.69, 9.17) is 5.73 Å². The van der Waals surface area contributed by atoms with Gasteiger partial charge in [-0.3, -0.25) is 0 Å². The Hall–Kier alpha value is -0.840. The molecule has 0 heterocycles. The smallest absolute Gasteiger partial charge is 0.142 e. The number of nitrogens with two attached hydrogens (primary N) is 1. The van der Waals surface area contributed by atoms with E-state index in [9.17, 15) is 4.39 Å². The molecule has 2 N–H and O–H groups in total. The zero-order valence-corrected chi connectivity index (χ0v) is 13.0. The van der Waals surface area contributed by atoms with E-state index in [2.05, 4.69) is 47.1 Å². The van der Waals surface area contributed by atoms with Gasteiger partial charge in [0.1, 0.15) is 5.82 Å². The summed E-state index contributed by atoms with van der Waals surface area (Å²) in [4.78, 5) is 1.15. The highest BCUT2D eigenvalue weighted by atomic mass is 79.9. The minimum Gasteiger partial charge on any atom is -0.323 e. The maximum atomic E-state index is 13.9. The second kappa shape index (κ2) is 6.55. The molecule has 0 spiro atoms. The largest absolute Gasteiger partial charge is 0.323 e. The van der Waals surface area contributed by atoms with E-state index in [0.717, 1.165) is 4.90 Å². The first-order chi connectivity index (χ1) is 9.08. The molecule has 4 heteroatoms. The van der Waals surface area contributed by atoms with Gasteiger partial charge in [0.25, 0.3) is 0 Å². The van der Waals surface area contributed by atoms with Crippen molar-refractivity contribution in [1.29, 1.82) is 0 Å². The Kier molecular flexibility index (Phi) is 5.02. The summed E-state index contributed by atoms with van der Waals surface area (Å²) in [6, 6.07) is 13.1. The van der Waals surface area contributed by atoms with Crippen molar-refractivity contribution in [2.75, 3.05) is 5.75 Å². The van der Waals surface area contributed by atoms with Gasteiger partial charge >= 0.3 is 0 Å². The standard InChI is InChI=1S/C15H15BrFNS/c1-10-5-7-11(8-6-10)19-9-14(18)12-3-2-4-13(16)15(12)17/h2-8,14H,9,18H2,1H3. The third-order valence-electron chi connectivity index (χ3n) is 2.83. The number of hydrogen-bond donors (Lipinski definition) is 1. The zero-order valence-electron chi connectivity index (χ0n) is 10.6. The molecule has 0 aromatic heterocycles. The van der Waals surface area contributed by atoms with E-state index in [-0.39, 0.29) is 11.9 Å². The summed E-state index contributed by atoms with van der Waals surface area (Å²) in [5.74, 6) is 0.385. The Balaban J connectivity index is 2.03. The van der Waals surface area contributed by atoms with Crippen LogP contribution < -0.4 is 5.73 Å². The average Bonchev–Trinajstić information content (AvgIpc) is 2.41. The highest BCUT2D eigenvalue weighted by Crippen LogP contribution is 2.27. The first-order valence-corrected chi connectivity index (χ1v) is 7.75. The molecule has 0 saturated carbocycles. The van der Waals surface area contributed by atoms with E-state index in [1.54, 1.807) is 30.0 Å². The Morgan fingerprint density at radius 1 is 1.21 bits per heavy atom. The van der Waals surface area contributed by atoms with Gasteiger partial charge in [-0.1, -0.05) is 29.8 Å². The summed E-state index contributed by atoms with van der Waals surface area (Å²) >= 11 is 4.82. The molecule has 2 aromatic carbocycles. The third kappa shape index (κ3) is 3.81. The molecule has 1 atom stereocenters. The second-order valence-electron chi connectivity index (χ2n) is 4.37. The van der Waals surface area contributed by atoms with Gasteiger partial charge in [0.05, 0.1) is 4.47 Å². The number of hydrogen-bond acceptors (Lipinski definition) is 2. The van der Waals surface area contributed by atoms with Crippen molar-refractivity contribution in [3.63, 3.8) is 0 Å². The molecule has 1 nitrogen and oxygen atoms in total. The minimum atomic E-state index is -0.316. The van der Waals surface area contributed by atoms with Crippen molar-refractivity contribution in [2.24, 2.45) is 5.73 Å². The molecule has 0 amide bonds. The summed E-state index contributed by atoms with van der Waals surface area (Å²) in [5, 5.41) is 0. The van der Waals surface area contributed by atoms with Crippen LogP contribution in [0.2, 0.25) is 0 Å². The first-order valence-electron chi connectivity index (χ1n) is 5.97. The van der Waals surface area contributed by atoms with Crippen LogP contribution in [0.25, 0.3) is 0 Å². The van der Waals surface area contributed by atoms with Gasteiger partial charge in [-0.15, -0.1) is 11.8 Å². The van der Waals surface area contributed by atoms with Crippen LogP contribution >= 0.6 is 27.7 Å². The normalized spacial score (nSPS) is 12.4. The van der Waals surface area contributed by atoms with Crippen molar-refractivity contribution < 1.29 is 4.39 Å². The highest BCUT2D eigenvalue weighted by Gasteiger charge is 2.13. The third-order valence-corrected chi connectivity index (χ3v) is 4.58. The van der Waals surface area contributed by atoms with Crippen molar-refractivity contribution in [2.45, 2.75) is 17.9 Å². The van der Waals surface area contributed by atoms with Crippen LogP contribution in [-0.4, -0.2) is 5.75 Å². The molecule has 2 aromatic rings. The molecule has 0 aliphatic rings. The predicted octanol–water partition coefficient (Wildman–Crippen LogP) is 4.69.